The van der Waals surface area contributed by atoms with Crippen molar-refractivity contribution in [1.82, 2.24) is 0 Å². The van der Waals surface area contributed by atoms with Crippen molar-refractivity contribution < 1.29 is 9.88 Å². The predicted molar refractivity (Wildman–Crippen MR) is 67.9 cm³/mol. The van der Waals surface area contributed by atoms with E-state index in [0.29, 0.717) is 6.61 Å². The summed E-state index contributed by atoms with van der Waals surface area (Å²) in [7, 11) is 0. The molecule has 0 rings (SSSR count). The molecule has 0 aliphatic carbocycles. The summed E-state index contributed by atoms with van der Waals surface area (Å²) >= 11 is 0. The van der Waals surface area contributed by atoms with Gasteiger partial charge >= 0.3 is 0 Å². The summed E-state index contributed by atoms with van der Waals surface area (Å²) in [6.07, 6.45) is 4.50. The number of rotatable bonds is 9. The molecule has 0 atom stereocenters. The van der Waals surface area contributed by atoms with Crippen molar-refractivity contribution in [3.05, 3.63) is 0 Å². The molecule has 0 aromatic rings. The molecule has 0 unspecified atom stereocenters. The van der Waals surface area contributed by atoms with Gasteiger partial charge in [-0.2, -0.15) is 4.89 Å². The van der Waals surface area contributed by atoms with Crippen LogP contribution in [0, 0.1) is 0 Å². The van der Waals surface area contributed by atoms with E-state index in [1.807, 2.05) is 27.7 Å². The fourth-order valence-corrected chi connectivity index (χ4v) is 1.07. The smallest absolute Gasteiger partial charge is 0.0965 e. The van der Waals surface area contributed by atoms with E-state index in [1.54, 1.807) is 0 Å². The van der Waals surface area contributed by atoms with Gasteiger partial charge in [-0.05, 0) is 40.5 Å². The van der Waals surface area contributed by atoms with E-state index in [1.165, 1.54) is 6.42 Å². The second-order valence-electron chi connectivity index (χ2n) is 4.18. The van der Waals surface area contributed by atoms with Crippen LogP contribution >= 0.6 is 0 Å². The van der Waals surface area contributed by atoms with E-state index in [-0.39, 0.29) is 0 Å². The van der Waals surface area contributed by atoms with Gasteiger partial charge < -0.3 is 0 Å². The number of unbranched alkanes of at least 4 members (excludes halogenated alkanes) is 3. The van der Waals surface area contributed by atoms with Crippen molar-refractivity contribution in [1.29, 1.82) is 0 Å². The molecule has 0 spiro atoms. The van der Waals surface area contributed by atoms with Crippen molar-refractivity contribution in [2.75, 3.05) is 13.2 Å². The normalized spacial score (nSPS) is 9.75. The molecule has 0 aliphatic rings. The topological polar surface area (TPSA) is 43.2 Å². The molecule has 0 aromatic heterocycles. The first-order valence-corrected chi connectivity index (χ1v) is 5.90. The van der Waals surface area contributed by atoms with E-state index in [4.69, 9.17) is 4.89 Å². The average molecular weight is 228 g/mol. The molecule has 0 N–H and O–H groups in total. The van der Waals surface area contributed by atoms with Gasteiger partial charge in [0.15, 0.2) is 0 Å². The van der Waals surface area contributed by atoms with Gasteiger partial charge in [0.05, 0.1) is 12.3 Å². The van der Waals surface area contributed by atoms with Crippen LogP contribution in [0.25, 0.3) is 0 Å². The molecule has 16 heavy (non-hydrogen) atoms. The zero-order chi connectivity index (χ0) is 12.2. The van der Waals surface area contributed by atoms with Gasteiger partial charge in [0.25, 0.3) is 0 Å². The van der Waals surface area contributed by atoms with Crippen LogP contribution < -0.4 is 0 Å². The van der Waals surface area contributed by atoms with Crippen LogP contribution in [-0.2, 0) is 9.88 Å². The quantitative estimate of drug-likeness (QED) is 0.263. The van der Waals surface area contributed by atoms with E-state index in [2.05, 4.69) is 15.1 Å². The predicted octanol–water partition coefficient (Wildman–Crippen LogP) is 3.37. The zero-order valence-corrected chi connectivity index (χ0v) is 11.0. The fourth-order valence-electron chi connectivity index (χ4n) is 1.07. The van der Waals surface area contributed by atoms with Gasteiger partial charge in [0.2, 0.25) is 0 Å². The second kappa shape index (κ2) is 10.6. The Labute approximate surface area is 98.7 Å². The third-order valence-electron chi connectivity index (χ3n) is 1.84. The maximum Gasteiger partial charge on any atom is 0.0965 e. The van der Waals surface area contributed by atoms with E-state index in [9.17, 15) is 0 Å². The van der Waals surface area contributed by atoms with E-state index < -0.39 is 0 Å². The minimum absolute atomic E-state index is 0.604. The van der Waals surface area contributed by atoms with Crippen molar-refractivity contribution in [3.63, 3.8) is 0 Å². The Kier molecular flexibility index (Phi) is 10.0. The minimum Gasteiger partial charge on any atom is -0.295 e. The number of aliphatic imine (C=N–C) groups is 1. The molecule has 4 nitrogen and oxygen atoms in total. The molecule has 0 radical (unpaired) electrons. The second-order valence-corrected chi connectivity index (χ2v) is 4.18. The number of oxime groups is 1. The molecule has 0 amide bonds. The summed E-state index contributed by atoms with van der Waals surface area (Å²) in [6, 6.07) is 0. The molecule has 0 bridgehead atoms. The lowest BCUT2D eigenvalue weighted by molar-refractivity contribution is -0.296. The molecule has 94 valence electrons. The third kappa shape index (κ3) is 13.1. The monoisotopic (exact) mass is 228 g/mol. The highest BCUT2D eigenvalue weighted by Gasteiger charge is 1.91. The maximum atomic E-state index is 4.87. The fraction of sp³-hybridized carbons (Fsp3) is 0.833. The lowest BCUT2D eigenvalue weighted by atomic mass is 10.2. The molecule has 0 saturated carbocycles. The van der Waals surface area contributed by atoms with E-state index >= 15 is 0 Å². The third-order valence-corrected chi connectivity index (χ3v) is 1.84. The Morgan fingerprint density at radius 2 is 1.56 bits per heavy atom. The summed E-state index contributed by atoms with van der Waals surface area (Å²) in [4.78, 5) is 13.8. The highest BCUT2D eigenvalue weighted by atomic mass is 17.3. The first-order valence-electron chi connectivity index (χ1n) is 5.90. The highest BCUT2D eigenvalue weighted by molar-refractivity contribution is 5.79. The van der Waals surface area contributed by atoms with Crippen LogP contribution in [0.1, 0.15) is 53.4 Å². The Hall–Kier alpha value is -0.900. The van der Waals surface area contributed by atoms with Gasteiger partial charge in [0, 0.05) is 12.3 Å². The Morgan fingerprint density at radius 1 is 0.875 bits per heavy atom. The van der Waals surface area contributed by atoms with Crippen molar-refractivity contribution >= 4 is 11.4 Å². The van der Waals surface area contributed by atoms with Gasteiger partial charge in [-0.15, -0.1) is 0 Å². The van der Waals surface area contributed by atoms with Crippen LogP contribution in [0.3, 0.4) is 0 Å². The summed E-state index contributed by atoms with van der Waals surface area (Å²) in [5.74, 6) is 0. The summed E-state index contributed by atoms with van der Waals surface area (Å²) in [5.41, 5.74) is 2.01. The minimum atomic E-state index is 0.604. The number of hydrogen-bond donors (Lipinski definition) is 0. The zero-order valence-electron chi connectivity index (χ0n) is 11.0. The average Bonchev–Trinajstić information content (AvgIpc) is 2.20. The molecule has 0 heterocycles. The number of hydrogen-bond acceptors (Lipinski definition) is 4. The Balaban J connectivity index is 3.10. The van der Waals surface area contributed by atoms with Gasteiger partial charge in [-0.25, -0.2) is 4.99 Å². The standard InChI is InChI=1S/C12H24N2O2/c1-11(2)13-9-7-5-6-8-10-15-16-14-12(3)4/h5-10H2,1-4H3. The van der Waals surface area contributed by atoms with Crippen LogP contribution in [-0.4, -0.2) is 24.6 Å². The molecule has 0 saturated heterocycles. The van der Waals surface area contributed by atoms with Crippen molar-refractivity contribution in [2.45, 2.75) is 53.4 Å². The van der Waals surface area contributed by atoms with Gasteiger partial charge in [-0.3, -0.25) is 4.99 Å². The molecule has 4 heteroatoms. The van der Waals surface area contributed by atoms with Crippen LogP contribution in [0.4, 0.5) is 0 Å². The first kappa shape index (κ1) is 15.1. The maximum absolute atomic E-state index is 4.87. The van der Waals surface area contributed by atoms with Crippen molar-refractivity contribution in [3.8, 4) is 0 Å². The van der Waals surface area contributed by atoms with Crippen LogP contribution in [0.15, 0.2) is 10.1 Å². The Morgan fingerprint density at radius 3 is 2.19 bits per heavy atom. The molecular formula is C12H24N2O2. The van der Waals surface area contributed by atoms with E-state index in [0.717, 1.165) is 37.2 Å². The van der Waals surface area contributed by atoms with Gasteiger partial charge in [-0.1, -0.05) is 18.0 Å². The lowest BCUT2D eigenvalue weighted by Gasteiger charge is -2.00. The number of nitrogens with zero attached hydrogens (tertiary/aromatic N) is 2. The SMILES string of the molecule is CC(C)=NCCCCCCOON=C(C)C. The Bertz CT molecular complexity index is 193. The summed E-state index contributed by atoms with van der Waals surface area (Å²) in [5, 5.41) is 3.67. The van der Waals surface area contributed by atoms with Crippen molar-refractivity contribution in [2.24, 2.45) is 10.1 Å². The molecular weight excluding hydrogens is 204 g/mol. The van der Waals surface area contributed by atoms with Gasteiger partial charge in [0.1, 0.15) is 0 Å². The largest absolute Gasteiger partial charge is 0.295 e. The lowest BCUT2D eigenvalue weighted by Crippen LogP contribution is -1.95. The summed E-state index contributed by atoms with van der Waals surface area (Å²) in [6.45, 7) is 9.33. The first-order chi connectivity index (χ1) is 7.63. The van der Waals surface area contributed by atoms with Crippen LogP contribution in [0.2, 0.25) is 0 Å². The highest BCUT2D eigenvalue weighted by Crippen LogP contribution is 2.01. The molecule has 0 fully saturated rings. The summed E-state index contributed by atoms with van der Waals surface area (Å²) < 4.78 is 0. The van der Waals surface area contributed by atoms with Crippen LogP contribution in [0.5, 0.6) is 0 Å². The molecule has 0 aliphatic heterocycles. The molecule has 0 aromatic carbocycles.